The molecule has 0 heterocycles. The molecular weight excluding hydrogens is 625 g/mol. The number of phenols is 1. The molecule has 0 bridgehead atoms. The van der Waals surface area contributed by atoms with Gasteiger partial charge in [-0.05, 0) is 114 Å². The molecule has 0 fully saturated rings. The summed E-state index contributed by atoms with van der Waals surface area (Å²) in [5.74, 6) is 0.760. The number of nitrogens with zero attached hydrogens (tertiary/aromatic N) is 2. The van der Waals surface area contributed by atoms with E-state index in [1.165, 1.54) is 37.7 Å². The van der Waals surface area contributed by atoms with Crippen LogP contribution in [0.2, 0.25) is 0 Å². The van der Waals surface area contributed by atoms with Gasteiger partial charge in [0.05, 0.1) is 0 Å². The number of aromatic hydroxyl groups is 1. The highest BCUT2D eigenvalue weighted by atomic mass is 16.3. The van der Waals surface area contributed by atoms with Gasteiger partial charge in [0, 0.05) is 54.0 Å². The van der Waals surface area contributed by atoms with Gasteiger partial charge in [0.15, 0.2) is 0 Å². The molecule has 0 spiro atoms. The van der Waals surface area contributed by atoms with E-state index in [1.807, 2.05) is 12.1 Å². The molecule has 1 aliphatic carbocycles. The van der Waals surface area contributed by atoms with E-state index in [2.05, 4.69) is 148 Å². The zero-order valence-electron chi connectivity index (χ0n) is 30.5. The van der Waals surface area contributed by atoms with E-state index in [1.54, 1.807) is 0 Å². The molecule has 0 aliphatic heterocycles. The number of fused-ring (bicyclic) bond motifs is 3. The second-order valence-corrected chi connectivity index (χ2v) is 14.1. The highest BCUT2D eigenvalue weighted by Crippen LogP contribution is 2.40. The highest BCUT2D eigenvalue weighted by Gasteiger charge is 2.22. The van der Waals surface area contributed by atoms with Crippen LogP contribution < -0.4 is 10.4 Å². The number of phenolic OH excluding ortho intramolecular Hbond substituents is 1. The average molecular weight is 673 g/mol. The summed E-state index contributed by atoms with van der Waals surface area (Å²) >= 11 is 0. The third-order valence-electron chi connectivity index (χ3n) is 10.7. The van der Waals surface area contributed by atoms with Gasteiger partial charge >= 0.3 is 0 Å². The number of benzene rings is 6. The van der Waals surface area contributed by atoms with Crippen LogP contribution >= 0.6 is 0 Å². The Kier molecular flexibility index (Phi) is 9.82. The van der Waals surface area contributed by atoms with Gasteiger partial charge in [0.2, 0.25) is 0 Å². The van der Waals surface area contributed by atoms with Crippen molar-refractivity contribution < 1.29 is 10.2 Å². The zero-order chi connectivity index (χ0) is 35.6. The van der Waals surface area contributed by atoms with Crippen LogP contribution in [0.1, 0.15) is 43.4 Å². The lowest BCUT2D eigenvalue weighted by atomic mass is 9.85. The molecule has 4 nitrogen and oxygen atoms in total. The smallest absolute Gasteiger partial charge is 0.127 e. The maximum atomic E-state index is 11.8. The summed E-state index contributed by atoms with van der Waals surface area (Å²) in [6, 6.07) is 34.0. The third kappa shape index (κ3) is 6.58. The fraction of sp³-hybridized carbons (Fsp3) is 0.234. The predicted octanol–water partition coefficient (Wildman–Crippen LogP) is 9.48. The van der Waals surface area contributed by atoms with Crippen molar-refractivity contribution in [1.29, 1.82) is 0 Å². The summed E-state index contributed by atoms with van der Waals surface area (Å²) in [7, 11) is 4.24. The van der Waals surface area contributed by atoms with E-state index in [0.717, 1.165) is 69.9 Å². The summed E-state index contributed by atoms with van der Waals surface area (Å²) in [6.45, 7) is 9.28. The first-order valence-electron chi connectivity index (χ1n) is 18.1. The molecule has 7 rings (SSSR count). The summed E-state index contributed by atoms with van der Waals surface area (Å²) in [5, 5.41) is 32.9. The maximum absolute atomic E-state index is 11.8. The molecule has 51 heavy (non-hydrogen) atoms. The minimum absolute atomic E-state index is 0.340. The SMILES string of the molecule is C/C=c1/cc2ccccc2c(-c2cccc(CN(C)CCN(C)CC3=C(O)C(c4c5ccccc5cc5c(C)cccc45)=CCC3)c2O)/c1=C/C. The van der Waals surface area contributed by atoms with E-state index in [0.29, 0.717) is 24.6 Å². The molecule has 0 radical (unpaired) electrons. The number of hydrogen-bond acceptors (Lipinski definition) is 4. The van der Waals surface area contributed by atoms with Crippen molar-refractivity contribution in [1.82, 2.24) is 9.80 Å². The van der Waals surface area contributed by atoms with Crippen LogP contribution in [0.4, 0.5) is 0 Å². The lowest BCUT2D eigenvalue weighted by molar-refractivity contribution is 0.256. The van der Waals surface area contributed by atoms with Crippen LogP contribution in [0.5, 0.6) is 5.75 Å². The minimum atomic E-state index is 0.340. The topological polar surface area (TPSA) is 46.9 Å². The Morgan fingerprint density at radius 1 is 0.667 bits per heavy atom. The second kappa shape index (κ2) is 14.6. The first-order chi connectivity index (χ1) is 24.8. The van der Waals surface area contributed by atoms with Crippen molar-refractivity contribution in [3.05, 3.63) is 142 Å². The predicted molar refractivity (Wildman–Crippen MR) is 217 cm³/mol. The molecular formula is C47H48N2O2. The molecule has 6 aromatic carbocycles. The van der Waals surface area contributed by atoms with Gasteiger partial charge in [-0.3, -0.25) is 0 Å². The summed E-state index contributed by atoms with van der Waals surface area (Å²) in [5.41, 5.74) is 7.25. The first-order valence-corrected chi connectivity index (χ1v) is 18.1. The van der Waals surface area contributed by atoms with Crippen LogP contribution in [0.3, 0.4) is 0 Å². The molecule has 4 heteroatoms. The zero-order valence-corrected chi connectivity index (χ0v) is 30.5. The maximum Gasteiger partial charge on any atom is 0.127 e. The number of aryl methyl sites for hydroxylation is 1. The number of likely N-dealkylation sites (N-methyl/N-ethyl adjacent to an activating group) is 2. The fourth-order valence-electron chi connectivity index (χ4n) is 7.96. The number of rotatable bonds is 9. The normalized spacial score (nSPS) is 14.5. The number of allylic oxidation sites excluding steroid dienone is 2. The van der Waals surface area contributed by atoms with E-state index in [4.69, 9.17) is 0 Å². The van der Waals surface area contributed by atoms with Gasteiger partial charge in [-0.1, -0.05) is 103 Å². The average Bonchev–Trinajstić information content (AvgIpc) is 3.14. The van der Waals surface area contributed by atoms with Crippen LogP contribution in [0.25, 0.3) is 61.2 Å². The molecule has 258 valence electrons. The molecule has 0 amide bonds. The van der Waals surface area contributed by atoms with Gasteiger partial charge in [0.1, 0.15) is 11.5 Å². The second-order valence-electron chi connectivity index (χ2n) is 14.1. The van der Waals surface area contributed by atoms with Crippen LogP contribution in [-0.2, 0) is 6.54 Å². The Hall–Kier alpha value is -5.16. The van der Waals surface area contributed by atoms with E-state index in [-0.39, 0.29) is 0 Å². The van der Waals surface area contributed by atoms with Crippen molar-refractivity contribution in [2.45, 2.75) is 40.2 Å². The Labute approximate surface area is 301 Å². The Bertz CT molecular complexity index is 2470. The number of hydrogen-bond donors (Lipinski definition) is 2. The lowest BCUT2D eigenvalue weighted by Gasteiger charge is -2.26. The van der Waals surface area contributed by atoms with Crippen LogP contribution in [-0.4, -0.2) is 53.7 Å². The largest absolute Gasteiger partial charge is 0.507 e. The van der Waals surface area contributed by atoms with E-state index in [9.17, 15) is 10.2 Å². The molecule has 0 saturated carbocycles. The molecule has 2 N–H and O–H groups in total. The standard InChI is InChI=1S/C47H48N2O2/c1-6-32-27-33-16-8-10-20-38(33)44(37(32)7-2)41-23-13-18-35(46(41)50)29-48(4)25-26-49(5)30-36-19-14-24-42(47(36)51)45-39-21-11-9-17-34(39)28-43-31(3)15-12-22-40(43)45/h6-13,15-18,20-24,27-28,50-51H,14,19,25-26,29-30H2,1-5H3/b32-6-,37-7+. The first kappa shape index (κ1) is 34.3. The van der Waals surface area contributed by atoms with Crippen molar-refractivity contribution >= 4 is 50.0 Å². The van der Waals surface area contributed by atoms with Crippen molar-refractivity contribution in [3.8, 4) is 16.9 Å². The Morgan fingerprint density at radius 3 is 2.04 bits per heavy atom. The Balaban J connectivity index is 1.09. The van der Waals surface area contributed by atoms with Crippen LogP contribution in [0.15, 0.2) is 114 Å². The Morgan fingerprint density at radius 2 is 1.31 bits per heavy atom. The minimum Gasteiger partial charge on any atom is -0.507 e. The monoisotopic (exact) mass is 672 g/mol. The van der Waals surface area contributed by atoms with Gasteiger partial charge in [-0.15, -0.1) is 0 Å². The van der Waals surface area contributed by atoms with Gasteiger partial charge in [0.25, 0.3) is 0 Å². The van der Waals surface area contributed by atoms with Crippen molar-refractivity contribution in [2.75, 3.05) is 33.7 Å². The number of aliphatic hydroxyl groups excluding tert-OH is 1. The highest BCUT2D eigenvalue weighted by molar-refractivity contribution is 6.11. The molecule has 0 unspecified atom stereocenters. The molecule has 1 aliphatic rings. The van der Waals surface area contributed by atoms with Gasteiger partial charge in [-0.25, -0.2) is 0 Å². The summed E-state index contributed by atoms with van der Waals surface area (Å²) < 4.78 is 0. The lowest BCUT2D eigenvalue weighted by Crippen LogP contribution is -2.32. The summed E-state index contributed by atoms with van der Waals surface area (Å²) in [6.07, 6.45) is 8.26. The van der Waals surface area contributed by atoms with E-state index < -0.39 is 0 Å². The van der Waals surface area contributed by atoms with Gasteiger partial charge < -0.3 is 20.0 Å². The number of aliphatic hydroxyl groups is 1. The fourth-order valence-corrected chi connectivity index (χ4v) is 7.96. The molecule has 0 atom stereocenters. The van der Waals surface area contributed by atoms with Crippen LogP contribution in [0, 0.1) is 6.92 Å². The molecule has 0 aromatic heterocycles. The third-order valence-corrected chi connectivity index (χ3v) is 10.7. The molecule has 0 saturated heterocycles. The van der Waals surface area contributed by atoms with E-state index >= 15 is 0 Å². The quantitative estimate of drug-likeness (QED) is 0.150. The number of para-hydroxylation sites is 1. The van der Waals surface area contributed by atoms with Crippen molar-refractivity contribution in [2.24, 2.45) is 0 Å². The van der Waals surface area contributed by atoms with Gasteiger partial charge in [-0.2, -0.15) is 0 Å². The van der Waals surface area contributed by atoms with Crippen molar-refractivity contribution in [3.63, 3.8) is 0 Å². The summed E-state index contributed by atoms with van der Waals surface area (Å²) in [4.78, 5) is 4.57. The molecule has 6 aromatic rings.